The summed E-state index contributed by atoms with van der Waals surface area (Å²) in [6.45, 7) is 0. The zero-order valence-corrected chi connectivity index (χ0v) is 14.5. The van der Waals surface area contributed by atoms with Crippen molar-refractivity contribution in [3.05, 3.63) is 77.5 Å². The molecule has 1 aromatic heterocycles. The molecule has 1 heterocycles. The van der Waals surface area contributed by atoms with Crippen molar-refractivity contribution in [3.63, 3.8) is 0 Å². The molecule has 0 spiro atoms. The quantitative estimate of drug-likeness (QED) is 0.378. The number of aliphatic imine (C=N–C) groups is 1. The number of thiocarbonyl (C=S) groups is 1. The number of halogens is 1. The van der Waals surface area contributed by atoms with Gasteiger partial charge in [-0.2, -0.15) is 10.1 Å². The second-order valence-electron chi connectivity index (χ2n) is 5.09. The minimum Gasteiger partial charge on any atom is -0.267 e. The summed E-state index contributed by atoms with van der Waals surface area (Å²) in [4.78, 5) is 15.0. The second-order valence-corrected chi connectivity index (χ2v) is 5.71. The minimum absolute atomic E-state index is 0.468. The fourth-order valence-electron chi connectivity index (χ4n) is 2.30. The van der Waals surface area contributed by atoms with Crippen molar-refractivity contribution in [2.24, 2.45) is 4.99 Å². The van der Waals surface area contributed by atoms with Gasteiger partial charge in [-0.1, -0.05) is 41.9 Å². The first-order valence-corrected chi connectivity index (χ1v) is 8.17. The van der Waals surface area contributed by atoms with Gasteiger partial charge in [0.2, 0.25) is 0 Å². The Hall–Kier alpha value is -2.85. The molecule has 0 aliphatic rings. The molecule has 0 saturated heterocycles. The highest BCUT2D eigenvalue weighted by atomic mass is 35.5. The van der Waals surface area contributed by atoms with Crippen molar-refractivity contribution in [1.29, 1.82) is 0 Å². The van der Waals surface area contributed by atoms with Gasteiger partial charge in [0, 0.05) is 28.4 Å². The van der Waals surface area contributed by atoms with Crippen LogP contribution in [0.1, 0.15) is 5.56 Å². The SMILES string of the molecule is O=C(C=Cc1cn(-c2ccccc2)nc1-c1ccc(Cl)cc1)N=C=S. The summed E-state index contributed by atoms with van der Waals surface area (Å²) in [7, 11) is 0. The van der Waals surface area contributed by atoms with Crippen LogP contribution in [0.4, 0.5) is 0 Å². The van der Waals surface area contributed by atoms with E-state index in [-0.39, 0.29) is 0 Å². The smallest absolute Gasteiger partial charge is 0.267 e. The third kappa shape index (κ3) is 4.17. The minimum atomic E-state index is -0.468. The Labute approximate surface area is 155 Å². The largest absolute Gasteiger partial charge is 0.278 e. The molecule has 6 heteroatoms. The summed E-state index contributed by atoms with van der Waals surface area (Å²) >= 11 is 10.4. The number of hydrogen-bond donors (Lipinski definition) is 0. The molecular weight excluding hydrogens is 354 g/mol. The summed E-state index contributed by atoms with van der Waals surface area (Å²) in [5.41, 5.74) is 3.32. The number of amides is 1. The molecule has 3 rings (SSSR count). The van der Waals surface area contributed by atoms with Crippen molar-refractivity contribution in [1.82, 2.24) is 9.78 Å². The number of carbonyl (C=O) groups is 1. The molecular formula is C19H12ClN3OS. The van der Waals surface area contributed by atoms with Crippen molar-refractivity contribution >= 4 is 41.0 Å². The van der Waals surface area contributed by atoms with Crippen LogP contribution >= 0.6 is 23.8 Å². The predicted octanol–water partition coefficient (Wildman–Crippen LogP) is 4.84. The highest BCUT2D eigenvalue weighted by Crippen LogP contribution is 2.26. The van der Waals surface area contributed by atoms with Gasteiger partial charge in [-0.15, -0.1) is 0 Å². The summed E-state index contributed by atoms with van der Waals surface area (Å²) < 4.78 is 1.76. The fourth-order valence-corrected chi connectivity index (χ4v) is 2.51. The average Bonchev–Trinajstić information content (AvgIpc) is 3.06. The lowest BCUT2D eigenvalue weighted by molar-refractivity contribution is -0.113. The van der Waals surface area contributed by atoms with Crippen molar-refractivity contribution in [2.45, 2.75) is 0 Å². The molecule has 0 aliphatic heterocycles. The van der Waals surface area contributed by atoms with E-state index in [0.717, 1.165) is 22.5 Å². The first-order valence-electron chi connectivity index (χ1n) is 7.38. The fraction of sp³-hybridized carbons (Fsp3) is 0. The summed E-state index contributed by atoms with van der Waals surface area (Å²) in [5.74, 6) is -0.468. The molecule has 0 unspecified atom stereocenters. The Morgan fingerprint density at radius 3 is 2.56 bits per heavy atom. The number of carbonyl (C=O) groups excluding carboxylic acids is 1. The maximum absolute atomic E-state index is 11.6. The topological polar surface area (TPSA) is 47.2 Å². The van der Waals surface area contributed by atoms with E-state index in [1.165, 1.54) is 6.08 Å². The number of hydrogen-bond acceptors (Lipinski definition) is 3. The van der Waals surface area contributed by atoms with E-state index in [1.54, 1.807) is 22.9 Å². The van der Waals surface area contributed by atoms with Crippen LogP contribution in [-0.4, -0.2) is 20.8 Å². The van der Waals surface area contributed by atoms with Gasteiger partial charge in [0.05, 0.1) is 16.5 Å². The molecule has 3 aromatic rings. The van der Waals surface area contributed by atoms with Gasteiger partial charge in [-0.3, -0.25) is 4.79 Å². The van der Waals surface area contributed by atoms with Gasteiger partial charge < -0.3 is 0 Å². The monoisotopic (exact) mass is 365 g/mol. The lowest BCUT2D eigenvalue weighted by Crippen LogP contribution is -1.93. The number of benzene rings is 2. The maximum atomic E-state index is 11.6. The third-order valence-corrected chi connectivity index (χ3v) is 3.79. The summed E-state index contributed by atoms with van der Waals surface area (Å²) in [6, 6.07) is 17.1. The lowest BCUT2D eigenvalue weighted by Gasteiger charge is -2.00. The van der Waals surface area contributed by atoms with Gasteiger partial charge in [0.15, 0.2) is 0 Å². The normalized spacial score (nSPS) is 10.6. The van der Waals surface area contributed by atoms with E-state index in [4.69, 9.17) is 11.6 Å². The molecule has 2 aromatic carbocycles. The van der Waals surface area contributed by atoms with Crippen molar-refractivity contribution < 1.29 is 4.79 Å². The summed E-state index contributed by atoms with van der Waals surface area (Å²) in [5, 5.41) is 7.35. The molecule has 0 N–H and O–H groups in total. The van der Waals surface area contributed by atoms with Gasteiger partial charge >= 0.3 is 0 Å². The van der Waals surface area contributed by atoms with Crippen LogP contribution in [0.15, 0.2) is 71.9 Å². The highest BCUT2D eigenvalue weighted by Gasteiger charge is 2.11. The molecule has 0 bridgehead atoms. The standard InChI is InChI=1S/C19H12ClN3OS/c20-16-9-6-14(7-10-16)19-15(8-11-18(24)21-13-25)12-23(22-19)17-4-2-1-3-5-17/h1-12H. The molecule has 0 radical (unpaired) electrons. The zero-order chi connectivity index (χ0) is 17.6. The number of nitrogens with zero attached hydrogens (tertiary/aromatic N) is 3. The molecule has 0 aliphatic carbocycles. The van der Waals surface area contributed by atoms with Crippen LogP contribution in [0.2, 0.25) is 5.02 Å². The van der Waals surface area contributed by atoms with Gasteiger partial charge in [0.25, 0.3) is 5.91 Å². The Morgan fingerprint density at radius 1 is 1.16 bits per heavy atom. The Kier molecular flexibility index (Phi) is 5.31. The molecule has 0 saturated carbocycles. The predicted molar refractivity (Wildman–Crippen MR) is 103 cm³/mol. The van der Waals surface area contributed by atoms with Gasteiger partial charge in [-0.05, 0) is 42.6 Å². The summed E-state index contributed by atoms with van der Waals surface area (Å²) in [6.07, 6.45) is 4.85. The molecule has 0 atom stereocenters. The van der Waals surface area contributed by atoms with Crippen LogP contribution < -0.4 is 0 Å². The molecule has 0 fully saturated rings. The number of isothiocyanates is 1. The van der Waals surface area contributed by atoms with E-state index in [9.17, 15) is 4.79 Å². The Bertz CT molecular complexity index is 972. The first kappa shape index (κ1) is 17.0. The molecule has 1 amide bonds. The Morgan fingerprint density at radius 2 is 1.88 bits per heavy atom. The van der Waals surface area contributed by atoms with E-state index >= 15 is 0 Å². The van der Waals surface area contributed by atoms with Crippen LogP contribution in [0.5, 0.6) is 0 Å². The number of rotatable bonds is 4. The van der Waals surface area contributed by atoms with Crippen LogP contribution in [0.3, 0.4) is 0 Å². The maximum Gasteiger partial charge on any atom is 0.278 e. The number of para-hydroxylation sites is 1. The van der Waals surface area contributed by atoms with E-state index in [1.807, 2.05) is 48.7 Å². The molecule has 122 valence electrons. The molecule has 25 heavy (non-hydrogen) atoms. The van der Waals surface area contributed by atoms with Crippen molar-refractivity contribution in [2.75, 3.05) is 0 Å². The second kappa shape index (κ2) is 7.81. The van der Waals surface area contributed by atoms with E-state index in [2.05, 4.69) is 27.5 Å². The van der Waals surface area contributed by atoms with Gasteiger partial charge in [0.1, 0.15) is 0 Å². The number of aromatic nitrogens is 2. The third-order valence-electron chi connectivity index (χ3n) is 3.44. The Balaban J connectivity index is 2.07. The van der Waals surface area contributed by atoms with Crippen LogP contribution in [-0.2, 0) is 4.79 Å². The average molecular weight is 366 g/mol. The highest BCUT2D eigenvalue weighted by molar-refractivity contribution is 7.78. The first-order chi connectivity index (χ1) is 12.2. The van der Waals surface area contributed by atoms with Crippen LogP contribution in [0.25, 0.3) is 23.0 Å². The van der Waals surface area contributed by atoms with Crippen molar-refractivity contribution in [3.8, 4) is 16.9 Å². The van der Waals surface area contributed by atoms with Gasteiger partial charge in [-0.25, -0.2) is 4.68 Å². The van der Waals surface area contributed by atoms with E-state index in [0.29, 0.717) is 5.02 Å². The van der Waals surface area contributed by atoms with E-state index < -0.39 is 5.91 Å². The lowest BCUT2D eigenvalue weighted by atomic mass is 10.1. The zero-order valence-electron chi connectivity index (χ0n) is 13.0. The van der Waals surface area contributed by atoms with Crippen LogP contribution in [0, 0.1) is 0 Å². The molecule has 4 nitrogen and oxygen atoms in total.